The van der Waals surface area contributed by atoms with E-state index in [0.717, 1.165) is 29.3 Å². The van der Waals surface area contributed by atoms with E-state index in [4.69, 9.17) is 0 Å². The van der Waals surface area contributed by atoms with Crippen molar-refractivity contribution in [1.29, 1.82) is 0 Å². The highest BCUT2D eigenvalue weighted by Crippen LogP contribution is 2.26. The fraction of sp³-hybridized carbons (Fsp3) is 0.200. The first-order chi connectivity index (χ1) is 16.2. The van der Waals surface area contributed by atoms with Crippen LogP contribution in [0.2, 0.25) is 0 Å². The molecule has 34 heavy (non-hydrogen) atoms. The molecule has 4 rings (SSSR count). The van der Waals surface area contributed by atoms with Crippen LogP contribution in [0.5, 0.6) is 0 Å². The van der Waals surface area contributed by atoms with Gasteiger partial charge >= 0.3 is 12.0 Å². The highest BCUT2D eigenvalue weighted by atomic mass is 32.2. The minimum atomic E-state index is -3.94. The highest BCUT2D eigenvalue weighted by Gasteiger charge is 2.24. The number of nitrogens with one attached hydrogen (secondary N) is 3. The average molecular weight is 480 g/mol. The van der Waals surface area contributed by atoms with Gasteiger partial charge in [-0.3, -0.25) is 0 Å². The molecule has 0 aromatic heterocycles. The molecule has 1 heterocycles. The summed E-state index contributed by atoms with van der Waals surface area (Å²) in [6.45, 7) is 3.24. The Morgan fingerprint density at radius 1 is 1.00 bits per heavy atom. The van der Waals surface area contributed by atoms with Gasteiger partial charge in [0.2, 0.25) is 0 Å². The van der Waals surface area contributed by atoms with Gasteiger partial charge in [-0.15, -0.1) is 0 Å². The van der Waals surface area contributed by atoms with Crippen molar-refractivity contribution in [2.75, 3.05) is 5.32 Å². The van der Waals surface area contributed by atoms with E-state index in [-0.39, 0.29) is 22.4 Å². The van der Waals surface area contributed by atoms with Crippen molar-refractivity contribution in [3.8, 4) is 0 Å². The number of rotatable bonds is 7. The molecule has 176 valence electrons. The molecule has 4 N–H and O–H groups in total. The largest absolute Gasteiger partial charge is 0.478 e. The standard InChI is InChI=1S/C25H25N3O5S/c1-16(18-5-3-2-4-6-18)27-25(31)28-21-9-10-23(22(12-21)24(29)30)34(32,33)15-17-7-8-19-13-26-14-20(19)11-17/h2-12,16,26H,13-15H2,1H3,(H,29,30)(H2,27,28,31). The Morgan fingerprint density at radius 3 is 2.47 bits per heavy atom. The second kappa shape index (κ2) is 9.66. The maximum Gasteiger partial charge on any atom is 0.337 e. The van der Waals surface area contributed by atoms with Crippen molar-refractivity contribution in [3.05, 3.63) is 94.5 Å². The molecule has 1 unspecified atom stereocenters. The molecular weight excluding hydrogens is 454 g/mol. The SMILES string of the molecule is CC(NC(=O)Nc1ccc(S(=O)(=O)Cc2ccc3c(c2)CNC3)c(C(=O)O)c1)c1ccccc1. The number of aromatic carboxylic acids is 1. The zero-order valence-electron chi connectivity index (χ0n) is 18.5. The number of carboxylic acid groups (broad SMARTS) is 1. The van der Waals surface area contributed by atoms with Gasteiger partial charge in [0.05, 0.1) is 22.3 Å². The predicted molar refractivity (Wildman–Crippen MR) is 128 cm³/mol. The summed E-state index contributed by atoms with van der Waals surface area (Å²) in [5.74, 6) is -1.71. The van der Waals surface area contributed by atoms with E-state index in [1.165, 1.54) is 12.1 Å². The molecule has 0 saturated heterocycles. The van der Waals surface area contributed by atoms with Crippen LogP contribution in [0, 0.1) is 0 Å². The first kappa shape index (κ1) is 23.5. The lowest BCUT2D eigenvalue weighted by molar-refractivity contribution is 0.0692. The molecule has 3 aromatic carbocycles. The topological polar surface area (TPSA) is 125 Å². The maximum absolute atomic E-state index is 13.1. The quantitative estimate of drug-likeness (QED) is 0.408. The molecular formula is C25H25N3O5S. The second-order valence-electron chi connectivity index (χ2n) is 8.21. The zero-order valence-corrected chi connectivity index (χ0v) is 19.4. The van der Waals surface area contributed by atoms with Gasteiger partial charge in [0.15, 0.2) is 9.84 Å². The molecule has 1 aliphatic rings. The summed E-state index contributed by atoms with van der Waals surface area (Å²) in [5.41, 5.74) is 3.46. The van der Waals surface area contributed by atoms with Gasteiger partial charge in [-0.25, -0.2) is 18.0 Å². The summed E-state index contributed by atoms with van der Waals surface area (Å²) in [6.07, 6.45) is 0. The molecule has 0 aliphatic carbocycles. The van der Waals surface area contributed by atoms with E-state index in [1.54, 1.807) is 6.07 Å². The van der Waals surface area contributed by atoms with E-state index in [2.05, 4.69) is 16.0 Å². The average Bonchev–Trinajstić information content (AvgIpc) is 3.27. The third-order valence-corrected chi connectivity index (χ3v) is 7.45. The molecule has 0 saturated carbocycles. The number of hydrogen-bond donors (Lipinski definition) is 4. The molecule has 0 radical (unpaired) electrons. The molecule has 1 aliphatic heterocycles. The predicted octanol–water partition coefficient (Wildman–Crippen LogP) is 3.84. The van der Waals surface area contributed by atoms with Crippen molar-refractivity contribution >= 4 is 27.5 Å². The molecule has 1 atom stereocenters. The minimum absolute atomic E-state index is 0.178. The Hall–Kier alpha value is -3.69. The lowest BCUT2D eigenvalue weighted by atomic mass is 10.1. The summed E-state index contributed by atoms with van der Waals surface area (Å²) >= 11 is 0. The van der Waals surface area contributed by atoms with Crippen molar-refractivity contribution in [2.24, 2.45) is 0 Å². The normalized spacial score (nSPS) is 13.7. The fourth-order valence-electron chi connectivity index (χ4n) is 3.97. The number of fused-ring (bicyclic) bond motifs is 1. The summed E-state index contributed by atoms with van der Waals surface area (Å²) in [4.78, 5) is 24.0. The zero-order chi connectivity index (χ0) is 24.3. The molecule has 2 amide bonds. The number of carboxylic acids is 1. The van der Waals surface area contributed by atoms with Gasteiger partial charge in [0.1, 0.15) is 0 Å². The number of carbonyl (C=O) groups is 2. The second-order valence-corrected chi connectivity index (χ2v) is 10.2. The van der Waals surface area contributed by atoms with E-state index in [0.29, 0.717) is 12.1 Å². The summed E-state index contributed by atoms with van der Waals surface area (Å²) in [6, 6.07) is 17.8. The monoisotopic (exact) mass is 479 g/mol. The van der Waals surface area contributed by atoms with Crippen LogP contribution in [0.4, 0.5) is 10.5 Å². The van der Waals surface area contributed by atoms with Crippen molar-refractivity contribution in [2.45, 2.75) is 36.7 Å². The van der Waals surface area contributed by atoms with E-state index < -0.39 is 27.4 Å². The number of amides is 2. The van der Waals surface area contributed by atoms with Crippen molar-refractivity contribution in [1.82, 2.24) is 10.6 Å². The summed E-state index contributed by atoms with van der Waals surface area (Å²) in [5, 5.41) is 18.2. The smallest absolute Gasteiger partial charge is 0.337 e. The Morgan fingerprint density at radius 2 is 1.74 bits per heavy atom. The van der Waals surface area contributed by atoms with E-state index in [1.807, 2.05) is 49.4 Å². The Balaban J connectivity index is 1.51. The molecule has 8 nitrogen and oxygen atoms in total. The van der Waals surface area contributed by atoms with Crippen LogP contribution in [-0.2, 0) is 28.7 Å². The maximum atomic E-state index is 13.1. The van der Waals surface area contributed by atoms with Gasteiger partial charge in [0, 0.05) is 18.8 Å². The van der Waals surface area contributed by atoms with Gasteiger partial charge in [-0.05, 0) is 47.4 Å². The molecule has 3 aromatic rings. The first-order valence-corrected chi connectivity index (χ1v) is 12.4. The van der Waals surface area contributed by atoms with E-state index >= 15 is 0 Å². The van der Waals surface area contributed by atoms with Gasteiger partial charge in [-0.1, -0.05) is 48.5 Å². The van der Waals surface area contributed by atoms with Crippen LogP contribution in [0.25, 0.3) is 0 Å². The van der Waals surface area contributed by atoms with Crippen molar-refractivity contribution < 1.29 is 23.1 Å². The Kier molecular flexibility index (Phi) is 6.67. The molecule has 9 heteroatoms. The number of sulfone groups is 1. The highest BCUT2D eigenvalue weighted by molar-refractivity contribution is 7.90. The summed E-state index contributed by atoms with van der Waals surface area (Å²) < 4.78 is 26.2. The lowest BCUT2D eigenvalue weighted by Crippen LogP contribution is -2.31. The van der Waals surface area contributed by atoms with Crippen LogP contribution in [0.3, 0.4) is 0 Å². The number of benzene rings is 3. The van der Waals surface area contributed by atoms with Crippen LogP contribution in [0.1, 0.15) is 45.6 Å². The van der Waals surface area contributed by atoms with Gasteiger partial charge in [-0.2, -0.15) is 0 Å². The van der Waals surface area contributed by atoms with Gasteiger partial charge < -0.3 is 21.1 Å². The summed E-state index contributed by atoms with van der Waals surface area (Å²) in [7, 11) is -3.94. The fourth-order valence-corrected chi connectivity index (χ4v) is 5.50. The number of urea groups is 1. The Labute approximate surface area is 197 Å². The van der Waals surface area contributed by atoms with Crippen LogP contribution in [-0.4, -0.2) is 25.5 Å². The lowest BCUT2D eigenvalue weighted by Gasteiger charge is -2.16. The van der Waals surface area contributed by atoms with Crippen LogP contribution >= 0.6 is 0 Å². The molecule has 0 fully saturated rings. The third-order valence-electron chi connectivity index (χ3n) is 5.71. The third kappa shape index (κ3) is 5.27. The van der Waals surface area contributed by atoms with Crippen LogP contribution < -0.4 is 16.0 Å². The number of anilines is 1. The number of carbonyl (C=O) groups excluding carboxylic acids is 1. The van der Waals surface area contributed by atoms with Crippen molar-refractivity contribution in [3.63, 3.8) is 0 Å². The van der Waals surface area contributed by atoms with Crippen LogP contribution in [0.15, 0.2) is 71.6 Å². The number of hydrogen-bond acceptors (Lipinski definition) is 5. The molecule has 0 spiro atoms. The van der Waals surface area contributed by atoms with E-state index in [9.17, 15) is 23.1 Å². The van der Waals surface area contributed by atoms with Gasteiger partial charge in [0.25, 0.3) is 0 Å². The first-order valence-electron chi connectivity index (χ1n) is 10.8. The Bertz CT molecular complexity index is 1340. The minimum Gasteiger partial charge on any atom is -0.478 e. The molecule has 0 bridgehead atoms.